The van der Waals surface area contributed by atoms with E-state index in [0.717, 1.165) is 25.3 Å². The first kappa shape index (κ1) is 11.3. The average molecular weight is 248 g/mol. The van der Waals surface area contributed by atoms with Crippen LogP contribution in [0.3, 0.4) is 0 Å². The predicted octanol–water partition coefficient (Wildman–Crippen LogP) is 1.64. The van der Waals surface area contributed by atoms with Crippen LogP contribution >= 0.6 is 0 Å². The molecule has 0 amide bonds. The van der Waals surface area contributed by atoms with E-state index in [-0.39, 0.29) is 0 Å². The lowest BCUT2D eigenvalue weighted by Gasteiger charge is -2.15. The van der Waals surface area contributed by atoms with Crippen molar-refractivity contribution in [3.05, 3.63) is 12.1 Å². The van der Waals surface area contributed by atoms with E-state index in [4.69, 9.17) is 15.1 Å². The molecule has 0 spiro atoms. The van der Waals surface area contributed by atoms with Crippen molar-refractivity contribution in [1.82, 2.24) is 10.3 Å². The number of nitrogens with one attached hydrogen (secondary N) is 1. The van der Waals surface area contributed by atoms with Crippen molar-refractivity contribution in [2.75, 3.05) is 24.2 Å². The Balaban J connectivity index is 1.78. The summed E-state index contributed by atoms with van der Waals surface area (Å²) in [7, 11) is 0. The number of benzene rings is 1. The zero-order valence-corrected chi connectivity index (χ0v) is 10.2. The third kappa shape index (κ3) is 1.88. The molecule has 1 saturated heterocycles. The van der Waals surface area contributed by atoms with E-state index in [2.05, 4.69) is 22.6 Å². The molecule has 2 heterocycles. The van der Waals surface area contributed by atoms with Crippen LogP contribution in [-0.4, -0.2) is 29.6 Å². The largest absolute Gasteiger partial charge is 0.397 e. The van der Waals surface area contributed by atoms with Crippen LogP contribution in [0.1, 0.15) is 13.3 Å². The summed E-state index contributed by atoms with van der Waals surface area (Å²) >= 11 is 0. The highest BCUT2D eigenvalue weighted by molar-refractivity contribution is 5.94. The van der Waals surface area contributed by atoms with Crippen LogP contribution in [0.4, 0.5) is 11.4 Å². The fourth-order valence-electron chi connectivity index (χ4n) is 2.31. The van der Waals surface area contributed by atoms with Gasteiger partial charge in [-0.1, -0.05) is 0 Å². The first-order chi connectivity index (χ1) is 8.75. The molecule has 3 N–H and O–H groups in total. The van der Waals surface area contributed by atoms with E-state index in [1.807, 2.05) is 12.1 Å². The van der Waals surface area contributed by atoms with Gasteiger partial charge in [0.05, 0.1) is 17.5 Å². The topological polar surface area (TPSA) is 86.2 Å². The number of nitrogen functional groups attached to an aromatic ring is 1. The summed E-state index contributed by atoms with van der Waals surface area (Å²) in [6, 6.07) is 3.71. The molecule has 2 unspecified atom stereocenters. The van der Waals surface area contributed by atoms with Crippen molar-refractivity contribution in [2.45, 2.75) is 19.4 Å². The highest BCUT2D eigenvalue weighted by atomic mass is 16.6. The lowest BCUT2D eigenvalue weighted by atomic mass is 10.0. The molecule has 96 valence electrons. The Labute approximate surface area is 104 Å². The second-order valence-electron chi connectivity index (χ2n) is 4.67. The van der Waals surface area contributed by atoms with Crippen molar-refractivity contribution in [2.24, 2.45) is 5.92 Å². The number of ether oxygens (including phenoxy) is 1. The monoisotopic (exact) mass is 248 g/mol. The highest BCUT2D eigenvalue weighted by Gasteiger charge is 2.24. The third-order valence-electron chi connectivity index (χ3n) is 3.53. The number of rotatable bonds is 3. The number of fused-ring (bicyclic) bond motifs is 1. The van der Waals surface area contributed by atoms with Gasteiger partial charge in [0.2, 0.25) is 0 Å². The summed E-state index contributed by atoms with van der Waals surface area (Å²) in [5.41, 5.74) is 8.57. The molecule has 0 aliphatic carbocycles. The van der Waals surface area contributed by atoms with Gasteiger partial charge in [0.15, 0.2) is 11.0 Å². The van der Waals surface area contributed by atoms with Gasteiger partial charge in [-0.2, -0.15) is 0 Å². The van der Waals surface area contributed by atoms with Crippen LogP contribution in [-0.2, 0) is 4.74 Å². The maximum absolute atomic E-state index is 5.80. The van der Waals surface area contributed by atoms with Crippen LogP contribution < -0.4 is 11.1 Å². The zero-order chi connectivity index (χ0) is 12.5. The van der Waals surface area contributed by atoms with Gasteiger partial charge in [-0.05, 0) is 35.8 Å². The Morgan fingerprint density at radius 3 is 3.00 bits per heavy atom. The number of aromatic nitrogens is 2. The van der Waals surface area contributed by atoms with E-state index >= 15 is 0 Å². The molecule has 1 fully saturated rings. The minimum atomic E-state index is 0.303. The molecule has 0 bridgehead atoms. The summed E-state index contributed by atoms with van der Waals surface area (Å²) in [6.07, 6.45) is 1.39. The van der Waals surface area contributed by atoms with E-state index in [1.165, 1.54) is 0 Å². The molecule has 0 saturated carbocycles. The molecule has 0 radical (unpaired) electrons. The number of nitrogens with two attached hydrogens (primary N) is 1. The van der Waals surface area contributed by atoms with Gasteiger partial charge in [-0.3, -0.25) is 0 Å². The van der Waals surface area contributed by atoms with Crippen LogP contribution in [0.5, 0.6) is 0 Å². The van der Waals surface area contributed by atoms with Gasteiger partial charge < -0.3 is 15.8 Å². The Bertz CT molecular complexity index is 554. The maximum atomic E-state index is 5.80. The number of anilines is 2. The molecule has 1 aromatic carbocycles. The Morgan fingerprint density at radius 2 is 2.22 bits per heavy atom. The Morgan fingerprint density at radius 1 is 1.39 bits per heavy atom. The maximum Gasteiger partial charge on any atom is 0.160 e. The molecule has 6 heteroatoms. The fraction of sp³-hybridized carbons (Fsp3) is 0.500. The lowest BCUT2D eigenvalue weighted by Crippen LogP contribution is -2.20. The fourth-order valence-corrected chi connectivity index (χ4v) is 2.31. The molecule has 1 aliphatic heterocycles. The molecule has 1 aliphatic rings. The predicted molar refractivity (Wildman–Crippen MR) is 68.2 cm³/mol. The summed E-state index contributed by atoms with van der Waals surface area (Å²) in [6.45, 7) is 3.80. The molecule has 6 nitrogen and oxygen atoms in total. The zero-order valence-electron chi connectivity index (χ0n) is 10.2. The molecule has 3 rings (SSSR count). The number of hydrogen-bond acceptors (Lipinski definition) is 6. The van der Waals surface area contributed by atoms with E-state index in [1.54, 1.807) is 0 Å². The Kier molecular flexibility index (Phi) is 2.79. The van der Waals surface area contributed by atoms with Crippen molar-refractivity contribution in [3.63, 3.8) is 0 Å². The minimum Gasteiger partial charge on any atom is -0.397 e. The molecule has 2 aromatic rings. The smallest absolute Gasteiger partial charge is 0.160 e. The van der Waals surface area contributed by atoms with Crippen molar-refractivity contribution in [3.8, 4) is 0 Å². The summed E-state index contributed by atoms with van der Waals surface area (Å²) in [5.74, 6) is 0.525. The summed E-state index contributed by atoms with van der Waals surface area (Å²) < 4.78 is 10.3. The van der Waals surface area contributed by atoms with Crippen molar-refractivity contribution in [1.29, 1.82) is 0 Å². The van der Waals surface area contributed by atoms with Crippen molar-refractivity contribution < 1.29 is 9.37 Å². The highest BCUT2D eigenvalue weighted by Crippen LogP contribution is 2.27. The van der Waals surface area contributed by atoms with E-state index in [9.17, 15) is 0 Å². The lowest BCUT2D eigenvalue weighted by molar-refractivity contribution is 0.108. The molecular weight excluding hydrogens is 232 g/mol. The van der Waals surface area contributed by atoms with Gasteiger partial charge in [-0.15, -0.1) is 0 Å². The second kappa shape index (κ2) is 4.45. The van der Waals surface area contributed by atoms with Crippen LogP contribution in [0.15, 0.2) is 16.8 Å². The molecule has 2 atom stereocenters. The normalized spacial score (nSPS) is 23.6. The van der Waals surface area contributed by atoms with Crippen LogP contribution in [0.25, 0.3) is 11.0 Å². The minimum absolute atomic E-state index is 0.303. The average Bonchev–Trinajstić information content (AvgIpc) is 2.98. The SMILES string of the molecule is CC1OCCC1CNc1ccc(N)c2nonc12. The van der Waals surface area contributed by atoms with E-state index in [0.29, 0.717) is 28.7 Å². The van der Waals surface area contributed by atoms with Crippen molar-refractivity contribution >= 4 is 22.4 Å². The summed E-state index contributed by atoms with van der Waals surface area (Å²) in [5, 5.41) is 11.1. The van der Waals surface area contributed by atoms with Crippen LogP contribution in [0, 0.1) is 5.92 Å². The van der Waals surface area contributed by atoms with Gasteiger partial charge in [0.1, 0.15) is 0 Å². The van der Waals surface area contributed by atoms with Crippen LogP contribution in [0.2, 0.25) is 0 Å². The number of hydrogen-bond donors (Lipinski definition) is 2. The second-order valence-corrected chi connectivity index (χ2v) is 4.67. The van der Waals surface area contributed by atoms with Gasteiger partial charge in [0, 0.05) is 19.1 Å². The molecule has 1 aromatic heterocycles. The van der Waals surface area contributed by atoms with E-state index < -0.39 is 0 Å². The number of nitrogens with zero attached hydrogens (tertiary/aromatic N) is 2. The Hall–Kier alpha value is -1.82. The first-order valence-electron chi connectivity index (χ1n) is 6.12. The van der Waals surface area contributed by atoms with Gasteiger partial charge in [-0.25, -0.2) is 4.63 Å². The third-order valence-corrected chi connectivity index (χ3v) is 3.53. The van der Waals surface area contributed by atoms with Gasteiger partial charge >= 0.3 is 0 Å². The molecule has 18 heavy (non-hydrogen) atoms. The molecular formula is C12H16N4O2. The standard InChI is InChI=1S/C12H16N4O2/c1-7-8(4-5-17-7)6-14-10-3-2-9(13)11-12(10)16-18-15-11/h2-3,7-8,14H,4-6,13H2,1H3. The first-order valence-corrected chi connectivity index (χ1v) is 6.12. The van der Waals surface area contributed by atoms with Gasteiger partial charge in [0.25, 0.3) is 0 Å². The summed E-state index contributed by atoms with van der Waals surface area (Å²) in [4.78, 5) is 0. The quantitative estimate of drug-likeness (QED) is 0.803.